The standard InChI is InChI=1S/C15H22FNO3S/c1-17(13-6-4-2-3-5-7-13)21(19,20)15-10-12(11-18)8-9-14(15)16/h8-10,13,18H,2-7,11H2,1H3. The average molecular weight is 315 g/mol. The van der Waals surface area contributed by atoms with Crippen molar-refractivity contribution in [3.63, 3.8) is 0 Å². The van der Waals surface area contributed by atoms with Gasteiger partial charge in [-0.2, -0.15) is 4.31 Å². The number of benzene rings is 1. The molecule has 1 aromatic rings. The molecule has 1 fully saturated rings. The first-order chi connectivity index (χ1) is 9.96. The van der Waals surface area contributed by atoms with E-state index < -0.39 is 15.8 Å². The molecular weight excluding hydrogens is 293 g/mol. The van der Waals surface area contributed by atoms with E-state index in [2.05, 4.69) is 0 Å². The van der Waals surface area contributed by atoms with Crippen molar-refractivity contribution in [2.45, 2.75) is 56.1 Å². The van der Waals surface area contributed by atoms with Crippen LogP contribution >= 0.6 is 0 Å². The second kappa shape index (κ2) is 6.85. The molecule has 0 unspecified atom stereocenters. The van der Waals surface area contributed by atoms with Crippen LogP contribution in [0.1, 0.15) is 44.1 Å². The molecule has 1 saturated carbocycles. The van der Waals surface area contributed by atoms with Crippen LogP contribution < -0.4 is 0 Å². The summed E-state index contributed by atoms with van der Waals surface area (Å²) in [5.74, 6) is -0.771. The van der Waals surface area contributed by atoms with Crippen LogP contribution in [0.5, 0.6) is 0 Å². The molecule has 4 nitrogen and oxygen atoms in total. The zero-order valence-corrected chi connectivity index (χ0v) is 13.1. The van der Waals surface area contributed by atoms with Gasteiger partial charge in [0.15, 0.2) is 0 Å². The summed E-state index contributed by atoms with van der Waals surface area (Å²) in [6.07, 6.45) is 5.89. The van der Waals surface area contributed by atoms with E-state index in [1.165, 1.54) is 23.5 Å². The fourth-order valence-electron chi connectivity index (χ4n) is 2.82. The highest BCUT2D eigenvalue weighted by molar-refractivity contribution is 7.89. The summed E-state index contributed by atoms with van der Waals surface area (Å²) in [5, 5.41) is 9.11. The molecule has 0 atom stereocenters. The number of hydrogen-bond donors (Lipinski definition) is 1. The third-order valence-corrected chi connectivity index (χ3v) is 6.10. The number of rotatable bonds is 4. The summed E-state index contributed by atoms with van der Waals surface area (Å²) in [5.41, 5.74) is 0.393. The van der Waals surface area contributed by atoms with Crippen molar-refractivity contribution in [1.82, 2.24) is 4.31 Å². The first-order valence-corrected chi connectivity index (χ1v) is 8.78. The van der Waals surface area contributed by atoms with E-state index in [1.807, 2.05) is 0 Å². The molecule has 0 heterocycles. The van der Waals surface area contributed by atoms with Gasteiger partial charge in [0, 0.05) is 13.1 Å². The first-order valence-electron chi connectivity index (χ1n) is 7.34. The molecule has 118 valence electrons. The molecule has 0 spiro atoms. The second-order valence-electron chi connectivity index (χ2n) is 5.59. The third-order valence-electron chi connectivity index (χ3n) is 4.17. The van der Waals surface area contributed by atoms with E-state index in [0.29, 0.717) is 5.56 Å². The van der Waals surface area contributed by atoms with Crippen molar-refractivity contribution in [3.8, 4) is 0 Å². The lowest BCUT2D eigenvalue weighted by molar-refractivity contribution is 0.281. The molecule has 0 aromatic heterocycles. The van der Waals surface area contributed by atoms with Gasteiger partial charge < -0.3 is 5.11 Å². The molecule has 1 N–H and O–H groups in total. The van der Waals surface area contributed by atoms with Crippen LogP contribution in [0.15, 0.2) is 23.1 Å². The zero-order valence-electron chi connectivity index (χ0n) is 12.3. The summed E-state index contributed by atoms with van der Waals surface area (Å²) in [6, 6.07) is 3.63. The summed E-state index contributed by atoms with van der Waals surface area (Å²) in [6.45, 7) is -0.310. The molecule has 0 aliphatic heterocycles. The highest BCUT2D eigenvalue weighted by Gasteiger charge is 2.30. The van der Waals surface area contributed by atoms with Gasteiger partial charge in [-0.25, -0.2) is 12.8 Å². The van der Waals surface area contributed by atoms with Crippen LogP contribution in [0.25, 0.3) is 0 Å². The highest BCUT2D eigenvalue weighted by Crippen LogP contribution is 2.27. The molecule has 0 amide bonds. The van der Waals surface area contributed by atoms with Crippen molar-refractivity contribution < 1.29 is 17.9 Å². The summed E-state index contributed by atoms with van der Waals surface area (Å²) in [7, 11) is -2.35. The van der Waals surface area contributed by atoms with Gasteiger partial charge in [0.2, 0.25) is 10.0 Å². The SMILES string of the molecule is CN(C1CCCCCC1)S(=O)(=O)c1cc(CO)ccc1F. The van der Waals surface area contributed by atoms with Gasteiger partial charge in [-0.15, -0.1) is 0 Å². The molecular formula is C15H22FNO3S. The fourth-order valence-corrected chi connectivity index (χ4v) is 4.34. The number of aliphatic hydroxyl groups is 1. The number of aliphatic hydroxyl groups excluding tert-OH is 1. The third kappa shape index (κ3) is 3.62. The minimum Gasteiger partial charge on any atom is -0.392 e. The topological polar surface area (TPSA) is 57.6 Å². The van der Waals surface area contributed by atoms with Crippen LogP contribution in [-0.2, 0) is 16.6 Å². The largest absolute Gasteiger partial charge is 0.392 e. The van der Waals surface area contributed by atoms with Gasteiger partial charge >= 0.3 is 0 Å². The van der Waals surface area contributed by atoms with Crippen LogP contribution in [0.4, 0.5) is 4.39 Å². The lowest BCUT2D eigenvalue weighted by Gasteiger charge is -2.26. The monoisotopic (exact) mass is 315 g/mol. The molecule has 6 heteroatoms. The van der Waals surface area contributed by atoms with Gasteiger partial charge in [0.05, 0.1) is 6.61 Å². The van der Waals surface area contributed by atoms with Crippen molar-refractivity contribution >= 4 is 10.0 Å². The molecule has 0 saturated heterocycles. The van der Waals surface area contributed by atoms with Crippen LogP contribution in [0.2, 0.25) is 0 Å². The van der Waals surface area contributed by atoms with Gasteiger partial charge in [-0.05, 0) is 30.5 Å². The number of hydrogen-bond acceptors (Lipinski definition) is 3. The molecule has 0 bridgehead atoms. The van der Waals surface area contributed by atoms with Gasteiger partial charge in [0.1, 0.15) is 10.7 Å². The maximum absolute atomic E-state index is 13.9. The van der Waals surface area contributed by atoms with Crippen LogP contribution in [-0.4, -0.2) is 30.9 Å². The van der Waals surface area contributed by atoms with Crippen LogP contribution in [0.3, 0.4) is 0 Å². The number of halogens is 1. The Hall–Kier alpha value is -0.980. The van der Waals surface area contributed by atoms with E-state index >= 15 is 0 Å². The average Bonchev–Trinajstić information content (AvgIpc) is 2.75. The van der Waals surface area contributed by atoms with E-state index in [-0.39, 0.29) is 17.5 Å². The van der Waals surface area contributed by atoms with Crippen LogP contribution in [0, 0.1) is 5.82 Å². The minimum atomic E-state index is -3.87. The Morgan fingerprint density at radius 3 is 2.43 bits per heavy atom. The maximum Gasteiger partial charge on any atom is 0.245 e. The van der Waals surface area contributed by atoms with E-state index in [9.17, 15) is 12.8 Å². The summed E-state index contributed by atoms with van der Waals surface area (Å²) >= 11 is 0. The van der Waals surface area contributed by atoms with Gasteiger partial charge in [0.25, 0.3) is 0 Å². The Labute approximate surface area is 125 Å². The Bertz CT molecular complexity index is 581. The van der Waals surface area contributed by atoms with E-state index in [1.54, 1.807) is 0 Å². The lowest BCUT2D eigenvalue weighted by Crippen LogP contribution is -2.37. The quantitative estimate of drug-likeness (QED) is 0.869. The number of sulfonamides is 1. The molecule has 2 rings (SSSR count). The summed E-state index contributed by atoms with van der Waals surface area (Å²) < 4.78 is 40.5. The zero-order chi connectivity index (χ0) is 15.5. The highest BCUT2D eigenvalue weighted by atomic mass is 32.2. The van der Waals surface area contributed by atoms with Crippen molar-refractivity contribution in [3.05, 3.63) is 29.6 Å². The molecule has 1 aromatic carbocycles. The van der Waals surface area contributed by atoms with Crippen molar-refractivity contribution in [2.24, 2.45) is 0 Å². The van der Waals surface area contributed by atoms with E-state index in [0.717, 1.165) is 44.6 Å². The molecule has 0 radical (unpaired) electrons. The maximum atomic E-state index is 13.9. The Morgan fingerprint density at radius 1 is 1.24 bits per heavy atom. The number of nitrogens with zero attached hydrogens (tertiary/aromatic N) is 1. The van der Waals surface area contributed by atoms with Gasteiger partial charge in [-0.3, -0.25) is 0 Å². The smallest absolute Gasteiger partial charge is 0.245 e. The van der Waals surface area contributed by atoms with Crippen molar-refractivity contribution in [2.75, 3.05) is 7.05 Å². The predicted octanol–water partition coefficient (Wildman–Crippen LogP) is 2.66. The van der Waals surface area contributed by atoms with Gasteiger partial charge in [-0.1, -0.05) is 31.7 Å². The molecule has 1 aliphatic rings. The lowest BCUT2D eigenvalue weighted by atomic mass is 10.1. The van der Waals surface area contributed by atoms with Crippen molar-refractivity contribution in [1.29, 1.82) is 0 Å². The normalized spacial score (nSPS) is 17.9. The molecule has 21 heavy (non-hydrogen) atoms. The second-order valence-corrected chi connectivity index (χ2v) is 7.56. The Morgan fingerprint density at radius 2 is 1.86 bits per heavy atom. The Kier molecular flexibility index (Phi) is 5.35. The summed E-state index contributed by atoms with van der Waals surface area (Å²) in [4.78, 5) is -0.346. The predicted molar refractivity (Wildman–Crippen MR) is 78.8 cm³/mol. The molecule has 1 aliphatic carbocycles. The Balaban J connectivity index is 2.31. The minimum absolute atomic E-state index is 0.0744. The fraction of sp³-hybridized carbons (Fsp3) is 0.600. The van der Waals surface area contributed by atoms with E-state index in [4.69, 9.17) is 5.11 Å². The first kappa shape index (κ1) is 16.4.